The standard InChI is InChI=1S/C20H29NO3/c1-5-23-17-11-16-13-21(18(22)24-19(2,3)4)14-20(16,12-17)15-9-7-6-8-10-15/h6-10,16-17H,5,11-14H2,1-4H3/t16-,17-,20+/m1/s1. The normalized spacial score (nSPS) is 29.6. The van der Waals surface area contributed by atoms with E-state index in [1.807, 2.05) is 31.7 Å². The van der Waals surface area contributed by atoms with Gasteiger partial charge in [-0.15, -0.1) is 0 Å². The first kappa shape index (κ1) is 17.3. The molecule has 132 valence electrons. The minimum Gasteiger partial charge on any atom is -0.444 e. The Kier molecular flexibility index (Phi) is 4.60. The topological polar surface area (TPSA) is 38.8 Å². The Morgan fingerprint density at radius 3 is 2.62 bits per heavy atom. The highest BCUT2D eigenvalue weighted by molar-refractivity contribution is 5.69. The van der Waals surface area contributed by atoms with Gasteiger partial charge in [0, 0.05) is 25.1 Å². The van der Waals surface area contributed by atoms with Crippen molar-refractivity contribution in [3.63, 3.8) is 0 Å². The van der Waals surface area contributed by atoms with Crippen molar-refractivity contribution < 1.29 is 14.3 Å². The number of nitrogens with zero attached hydrogens (tertiary/aromatic N) is 1. The molecule has 24 heavy (non-hydrogen) atoms. The van der Waals surface area contributed by atoms with Crippen LogP contribution in [0.2, 0.25) is 0 Å². The van der Waals surface area contributed by atoms with Crippen LogP contribution in [0.3, 0.4) is 0 Å². The van der Waals surface area contributed by atoms with Gasteiger partial charge in [-0.3, -0.25) is 0 Å². The van der Waals surface area contributed by atoms with Gasteiger partial charge in [-0.05, 0) is 52.0 Å². The average molecular weight is 331 g/mol. The number of benzene rings is 1. The van der Waals surface area contributed by atoms with E-state index in [1.54, 1.807) is 0 Å². The summed E-state index contributed by atoms with van der Waals surface area (Å²) in [6.45, 7) is 10.0. The fourth-order valence-electron chi connectivity index (χ4n) is 4.36. The molecule has 3 atom stereocenters. The largest absolute Gasteiger partial charge is 0.444 e. The van der Waals surface area contributed by atoms with E-state index in [0.29, 0.717) is 12.0 Å². The number of carbonyl (C=O) groups is 1. The Bertz CT molecular complexity index is 580. The van der Waals surface area contributed by atoms with E-state index in [9.17, 15) is 4.79 Å². The van der Waals surface area contributed by atoms with E-state index < -0.39 is 5.60 Å². The van der Waals surface area contributed by atoms with Crippen LogP contribution in [-0.2, 0) is 14.9 Å². The van der Waals surface area contributed by atoms with Crippen molar-refractivity contribution in [3.8, 4) is 0 Å². The van der Waals surface area contributed by atoms with E-state index in [0.717, 1.165) is 32.5 Å². The fraction of sp³-hybridized carbons (Fsp3) is 0.650. The molecular formula is C20H29NO3. The molecule has 0 radical (unpaired) electrons. The van der Waals surface area contributed by atoms with Gasteiger partial charge < -0.3 is 14.4 Å². The summed E-state index contributed by atoms with van der Waals surface area (Å²) in [5.74, 6) is 0.434. The molecule has 4 heteroatoms. The highest BCUT2D eigenvalue weighted by atomic mass is 16.6. The number of rotatable bonds is 3. The molecule has 2 fully saturated rings. The van der Waals surface area contributed by atoms with Crippen molar-refractivity contribution in [2.24, 2.45) is 5.92 Å². The van der Waals surface area contributed by atoms with Gasteiger partial charge in [0.1, 0.15) is 5.60 Å². The van der Waals surface area contributed by atoms with Gasteiger partial charge in [0.15, 0.2) is 0 Å². The van der Waals surface area contributed by atoms with Crippen LogP contribution in [-0.4, -0.2) is 42.4 Å². The first-order valence-corrected chi connectivity index (χ1v) is 8.99. The second kappa shape index (κ2) is 6.40. The summed E-state index contributed by atoms with van der Waals surface area (Å²) in [5.41, 5.74) is 0.865. The number of carbonyl (C=O) groups excluding carboxylic acids is 1. The number of ether oxygens (including phenoxy) is 2. The van der Waals surface area contributed by atoms with E-state index in [1.165, 1.54) is 5.56 Å². The molecule has 2 aliphatic rings. The van der Waals surface area contributed by atoms with Crippen LogP contribution in [0, 0.1) is 5.92 Å². The third-order valence-electron chi connectivity index (χ3n) is 5.24. The lowest BCUT2D eigenvalue weighted by atomic mass is 9.74. The molecule has 1 aromatic carbocycles. The summed E-state index contributed by atoms with van der Waals surface area (Å²) < 4.78 is 11.5. The van der Waals surface area contributed by atoms with E-state index >= 15 is 0 Å². The molecule has 1 aromatic rings. The van der Waals surface area contributed by atoms with Gasteiger partial charge in [0.25, 0.3) is 0 Å². The number of hydrogen-bond acceptors (Lipinski definition) is 3. The molecule has 1 heterocycles. The summed E-state index contributed by atoms with van der Waals surface area (Å²) in [6, 6.07) is 10.6. The third-order valence-corrected chi connectivity index (χ3v) is 5.24. The second-order valence-corrected chi connectivity index (χ2v) is 8.10. The molecule has 4 nitrogen and oxygen atoms in total. The van der Waals surface area contributed by atoms with Crippen LogP contribution in [0.5, 0.6) is 0 Å². The summed E-state index contributed by atoms with van der Waals surface area (Å²) in [7, 11) is 0. The molecule has 1 saturated carbocycles. The first-order valence-electron chi connectivity index (χ1n) is 8.99. The SMILES string of the molecule is CCO[C@@H]1C[C@@H]2CN(C(=O)OC(C)(C)C)C[C@]2(c2ccccc2)C1. The van der Waals surface area contributed by atoms with Crippen LogP contribution in [0.1, 0.15) is 46.1 Å². The lowest BCUT2D eigenvalue weighted by molar-refractivity contribution is 0.0233. The van der Waals surface area contributed by atoms with Crippen LogP contribution in [0.15, 0.2) is 30.3 Å². The van der Waals surface area contributed by atoms with Crippen molar-refractivity contribution in [2.45, 2.75) is 57.7 Å². The van der Waals surface area contributed by atoms with Crippen molar-refractivity contribution >= 4 is 6.09 Å². The predicted octanol–water partition coefficient (Wildman–Crippen LogP) is 3.99. The molecular weight excluding hydrogens is 302 g/mol. The van der Waals surface area contributed by atoms with Crippen LogP contribution in [0.4, 0.5) is 4.79 Å². The highest BCUT2D eigenvalue weighted by Crippen LogP contribution is 2.51. The Hall–Kier alpha value is -1.55. The first-order chi connectivity index (χ1) is 11.3. The molecule has 1 amide bonds. The number of fused-ring (bicyclic) bond motifs is 1. The summed E-state index contributed by atoms with van der Waals surface area (Å²) in [6.07, 6.45) is 2.10. The van der Waals surface area contributed by atoms with E-state index in [-0.39, 0.29) is 11.5 Å². The zero-order valence-electron chi connectivity index (χ0n) is 15.2. The van der Waals surface area contributed by atoms with Gasteiger partial charge >= 0.3 is 6.09 Å². The number of amides is 1. The quantitative estimate of drug-likeness (QED) is 0.840. The van der Waals surface area contributed by atoms with Gasteiger partial charge in [0.05, 0.1) is 6.10 Å². The maximum atomic E-state index is 12.5. The molecule has 0 aromatic heterocycles. The van der Waals surface area contributed by atoms with Gasteiger partial charge in [-0.2, -0.15) is 0 Å². The van der Waals surface area contributed by atoms with Crippen molar-refractivity contribution in [1.29, 1.82) is 0 Å². The van der Waals surface area contributed by atoms with Gasteiger partial charge in [-0.1, -0.05) is 30.3 Å². The van der Waals surface area contributed by atoms with Crippen molar-refractivity contribution in [1.82, 2.24) is 4.90 Å². The zero-order chi connectivity index (χ0) is 17.4. The molecule has 0 spiro atoms. The maximum Gasteiger partial charge on any atom is 0.410 e. The summed E-state index contributed by atoms with van der Waals surface area (Å²) in [4.78, 5) is 14.4. The minimum absolute atomic E-state index is 0.00198. The second-order valence-electron chi connectivity index (χ2n) is 8.10. The van der Waals surface area contributed by atoms with E-state index in [2.05, 4.69) is 31.2 Å². The Morgan fingerprint density at radius 1 is 1.29 bits per heavy atom. The molecule has 1 saturated heterocycles. The number of hydrogen-bond donors (Lipinski definition) is 0. The Labute approximate surface area is 145 Å². The lowest BCUT2D eigenvalue weighted by Gasteiger charge is -2.30. The Morgan fingerprint density at radius 2 is 2.00 bits per heavy atom. The van der Waals surface area contributed by atoms with Crippen LogP contribution >= 0.6 is 0 Å². The summed E-state index contributed by atoms with van der Waals surface area (Å²) >= 11 is 0. The summed E-state index contributed by atoms with van der Waals surface area (Å²) in [5, 5.41) is 0. The van der Waals surface area contributed by atoms with Gasteiger partial charge in [0.2, 0.25) is 0 Å². The predicted molar refractivity (Wildman–Crippen MR) is 94.1 cm³/mol. The van der Waals surface area contributed by atoms with Crippen LogP contribution in [0.25, 0.3) is 0 Å². The third kappa shape index (κ3) is 3.30. The smallest absolute Gasteiger partial charge is 0.410 e. The highest BCUT2D eigenvalue weighted by Gasteiger charge is 2.55. The van der Waals surface area contributed by atoms with Gasteiger partial charge in [-0.25, -0.2) is 4.79 Å². The molecule has 1 aliphatic heterocycles. The lowest BCUT2D eigenvalue weighted by Crippen LogP contribution is -2.38. The maximum absolute atomic E-state index is 12.5. The molecule has 1 aliphatic carbocycles. The molecule has 3 rings (SSSR count). The average Bonchev–Trinajstić information content (AvgIpc) is 3.01. The monoisotopic (exact) mass is 331 g/mol. The van der Waals surface area contributed by atoms with Crippen molar-refractivity contribution in [3.05, 3.63) is 35.9 Å². The van der Waals surface area contributed by atoms with Crippen LogP contribution < -0.4 is 0 Å². The van der Waals surface area contributed by atoms with Crippen molar-refractivity contribution in [2.75, 3.05) is 19.7 Å². The van der Waals surface area contributed by atoms with E-state index in [4.69, 9.17) is 9.47 Å². The molecule has 0 bridgehead atoms. The molecule has 0 N–H and O–H groups in total. The minimum atomic E-state index is -0.456. The fourth-order valence-corrected chi connectivity index (χ4v) is 4.36. The molecule has 0 unspecified atom stereocenters. The number of likely N-dealkylation sites (tertiary alicyclic amines) is 1. The zero-order valence-corrected chi connectivity index (χ0v) is 15.2. The Balaban J connectivity index is 1.83.